The zero-order valence-corrected chi connectivity index (χ0v) is 13.5. The predicted octanol–water partition coefficient (Wildman–Crippen LogP) is 2.85. The molecule has 1 saturated heterocycles. The molecule has 1 fully saturated rings. The highest BCUT2D eigenvalue weighted by Crippen LogP contribution is 2.32. The second-order valence-corrected chi connectivity index (χ2v) is 6.27. The molecule has 0 aliphatic carbocycles. The van der Waals surface area contributed by atoms with Crippen LogP contribution in [0.5, 0.6) is 0 Å². The van der Waals surface area contributed by atoms with Crippen molar-refractivity contribution in [2.75, 3.05) is 31.1 Å². The zero-order valence-electron chi connectivity index (χ0n) is 13.5. The number of ether oxygens (including phenoxy) is 1. The molecule has 0 aromatic heterocycles. The quantitative estimate of drug-likeness (QED) is 0.621. The Morgan fingerprint density at radius 1 is 1.26 bits per heavy atom. The van der Waals surface area contributed by atoms with Crippen molar-refractivity contribution in [1.29, 1.82) is 0 Å². The van der Waals surface area contributed by atoms with Gasteiger partial charge in [-0.3, -0.25) is 0 Å². The summed E-state index contributed by atoms with van der Waals surface area (Å²) >= 11 is 0. The van der Waals surface area contributed by atoms with Gasteiger partial charge in [-0.1, -0.05) is 6.07 Å². The van der Waals surface area contributed by atoms with Gasteiger partial charge in [-0.05, 0) is 32.9 Å². The Morgan fingerprint density at radius 3 is 2.48 bits per heavy atom. The van der Waals surface area contributed by atoms with Crippen LogP contribution in [0.3, 0.4) is 0 Å². The van der Waals surface area contributed by atoms with Gasteiger partial charge in [0.05, 0.1) is 0 Å². The Kier molecular flexibility index (Phi) is 5.01. The van der Waals surface area contributed by atoms with Gasteiger partial charge in [-0.2, -0.15) is 4.99 Å². The van der Waals surface area contributed by atoms with Gasteiger partial charge in [0.2, 0.25) is 6.08 Å². The number of hydrogen-bond donors (Lipinski definition) is 0. The Balaban J connectivity index is 2.08. The third-order valence-electron chi connectivity index (χ3n) is 3.38. The molecule has 7 heteroatoms. The number of isocyanates is 1. The van der Waals surface area contributed by atoms with E-state index >= 15 is 0 Å². The van der Waals surface area contributed by atoms with Gasteiger partial charge in [0.1, 0.15) is 22.8 Å². The molecular formula is C16H20FN3O3. The second kappa shape index (κ2) is 6.79. The first kappa shape index (κ1) is 17.0. The first-order valence-corrected chi connectivity index (χ1v) is 7.41. The number of benzene rings is 1. The van der Waals surface area contributed by atoms with Gasteiger partial charge >= 0.3 is 6.09 Å². The van der Waals surface area contributed by atoms with E-state index in [9.17, 15) is 14.0 Å². The monoisotopic (exact) mass is 321 g/mol. The minimum absolute atomic E-state index is 0.241. The summed E-state index contributed by atoms with van der Waals surface area (Å²) in [5.74, 6) is -0.452. The van der Waals surface area contributed by atoms with E-state index in [2.05, 4.69) is 4.99 Å². The topological polar surface area (TPSA) is 62.2 Å². The van der Waals surface area contributed by atoms with E-state index < -0.39 is 11.4 Å². The fraction of sp³-hybridized carbons (Fsp3) is 0.500. The molecule has 23 heavy (non-hydrogen) atoms. The maximum absolute atomic E-state index is 14.1. The fourth-order valence-corrected chi connectivity index (χ4v) is 2.40. The Bertz CT molecular complexity index is 628. The molecule has 0 unspecified atom stereocenters. The largest absolute Gasteiger partial charge is 0.444 e. The number of hydrogen-bond acceptors (Lipinski definition) is 5. The van der Waals surface area contributed by atoms with E-state index in [4.69, 9.17) is 4.74 Å². The lowest BCUT2D eigenvalue weighted by molar-refractivity contribution is 0.0240. The third kappa shape index (κ3) is 4.29. The van der Waals surface area contributed by atoms with Crippen molar-refractivity contribution < 1.29 is 18.7 Å². The van der Waals surface area contributed by atoms with Crippen LogP contribution < -0.4 is 4.90 Å². The van der Waals surface area contributed by atoms with Crippen LogP contribution in [0.25, 0.3) is 0 Å². The van der Waals surface area contributed by atoms with E-state index in [1.807, 2.05) is 20.8 Å². The van der Waals surface area contributed by atoms with Crippen molar-refractivity contribution >= 4 is 23.5 Å². The average molecular weight is 321 g/mol. The molecule has 1 aromatic carbocycles. The van der Waals surface area contributed by atoms with Crippen LogP contribution in [0.2, 0.25) is 0 Å². The summed E-state index contributed by atoms with van der Waals surface area (Å²) in [5, 5.41) is 0. The number of rotatable bonds is 2. The number of nitrogens with zero attached hydrogens (tertiary/aromatic N) is 3. The number of amides is 1. The number of para-hydroxylation sites is 1. The number of halogens is 1. The first-order valence-electron chi connectivity index (χ1n) is 7.41. The minimum atomic E-state index is -0.550. The Hall–Kier alpha value is -2.40. The molecule has 0 atom stereocenters. The van der Waals surface area contributed by atoms with Gasteiger partial charge in [0, 0.05) is 26.2 Å². The molecule has 0 saturated carbocycles. The normalized spacial score (nSPS) is 15.1. The highest BCUT2D eigenvalue weighted by atomic mass is 19.1. The standard InChI is InChI=1S/C16H20FN3O3/c1-16(2,3)23-15(22)20-9-7-19(8-10-20)14-12(17)5-4-6-13(14)18-11-21/h4-6H,7-10H2,1-3H3. The summed E-state index contributed by atoms with van der Waals surface area (Å²) in [6, 6.07) is 4.37. The number of carbonyl (C=O) groups excluding carboxylic acids is 2. The molecular weight excluding hydrogens is 301 g/mol. The number of aliphatic imine (C=N–C) groups is 1. The lowest BCUT2D eigenvalue weighted by Gasteiger charge is -2.37. The molecule has 0 radical (unpaired) electrons. The molecule has 2 rings (SSSR count). The van der Waals surface area contributed by atoms with E-state index in [1.165, 1.54) is 18.2 Å². The lowest BCUT2D eigenvalue weighted by atomic mass is 10.2. The molecule has 1 aliphatic heterocycles. The van der Waals surface area contributed by atoms with Gasteiger partial charge < -0.3 is 14.5 Å². The van der Waals surface area contributed by atoms with E-state index in [0.717, 1.165) is 0 Å². The average Bonchev–Trinajstić information content (AvgIpc) is 2.46. The van der Waals surface area contributed by atoms with E-state index in [-0.39, 0.29) is 17.5 Å². The zero-order chi connectivity index (χ0) is 17.0. The highest BCUT2D eigenvalue weighted by Gasteiger charge is 2.27. The summed E-state index contributed by atoms with van der Waals surface area (Å²) in [7, 11) is 0. The Morgan fingerprint density at radius 2 is 1.91 bits per heavy atom. The summed E-state index contributed by atoms with van der Waals surface area (Å²) in [4.78, 5) is 29.4. The summed E-state index contributed by atoms with van der Waals surface area (Å²) in [6.45, 7) is 7.11. The van der Waals surface area contributed by atoms with Gasteiger partial charge in [-0.25, -0.2) is 14.0 Å². The highest BCUT2D eigenvalue weighted by molar-refractivity contribution is 5.72. The number of carbonyl (C=O) groups is 1. The Labute approximate surface area is 134 Å². The number of piperazine rings is 1. The van der Waals surface area contributed by atoms with Crippen LogP contribution in [0.15, 0.2) is 23.2 Å². The molecule has 1 amide bonds. The SMILES string of the molecule is CC(C)(C)OC(=O)N1CCN(c2c(F)cccc2N=C=O)CC1. The molecule has 1 heterocycles. The summed E-state index contributed by atoms with van der Waals surface area (Å²) in [6.07, 6.45) is 1.06. The van der Waals surface area contributed by atoms with Crippen molar-refractivity contribution in [3.05, 3.63) is 24.0 Å². The van der Waals surface area contributed by atoms with Gasteiger partial charge in [0.15, 0.2) is 0 Å². The van der Waals surface area contributed by atoms with Crippen LogP contribution in [0, 0.1) is 5.82 Å². The van der Waals surface area contributed by atoms with Crippen molar-refractivity contribution in [1.82, 2.24) is 4.90 Å². The third-order valence-corrected chi connectivity index (χ3v) is 3.38. The fourth-order valence-electron chi connectivity index (χ4n) is 2.40. The van der Waals surface area contributed by atoms with Crippen LogP contribution in [-0.4, -0.2) is 48.9 Å². The maximum Gasteiger partial charge on any atom is 0.410 e. The summed E-state index contributed by atoms with van der Waals surface area (Å²) < 4.78 is 19.4. The predicted molar refractivity (Wildman–Crippen MR) is 84.2 cm³/mol. The van der Waals surface area contributed by atoms with E-state index in [0.29, 0.717) is 26.2 Å². The molecule has 124 valence electrons. The molecule has 0 spiro atoms. The van der Waals surface area contributed by atoms with E-state index in [1.54, 1.807) is 15.9 Å². The lowest BCUT2D eigenvalue weighted by Crippen LogP contribution is -2.50. The van der Waals surface area contributed by atoms with Crippen LogP contribution in [0.1, 0.15) is 20.8 Å². The molecule has 6 nitrogen and oxygen atoms in total. The molecule has 0 N–H and O–H groups in total. The molecule has 1 aliphatic rings. The summed E-state index contributed by atoms with van der Waals surface area (Å²) in [5.41, 5.74) is -0.0450. The van der Waals surface area contributed by atoms with Crippen molar-refractivity contribution in [3.63, 3.8) is 0 Å². The smallest absolute Gasteiger partial charge is 0.410 e. The van der Waals surface area contributed by atoms with Gasteiger partial charge in [0.25, 0.3) is 0 Å². The van der Waals surface area contributed by atoms with Gasteiger partial charge in [-0.15, -0.1) is 0 Å². The van der Waals surface area contributed by atoms with Crippen molar-refractivity contribution in [3.8, 4) is 0 Å². The van der Waals surface area contributed by atoms with Crippen LogP contribution in [-0.2, 0) is 9.53 Å². The number of anilines is 1. The minimum Gasteiger partial charge on any atom is -0.444 e. The maximum atomic E-state index is 14.1. The molecule has 0 bridgehead atoms. The van der Waals surface area contributed by atoms with Crippen LogP contribution in [0.4, 0.5) is 20.6 Å². The molecule has 1 aromatic rings. The van der Waals surface area contributed by atoms with Crippen LogP contribution >= 0.6 is 0 Å². The van der Waals surface area contributed by atoms with Crippen molar-refractivity contribution in [2.45, 2.75) is 26.4 Å². The van der Waals surface area contributed by atoms with Crippen molar-refractivity contribution in [2.24, 2.45) is 4.99 Å². The first-order chi connectivity index (χ1) is 10.8. The second-order valence-electron chi connectivity index (χ2n) is 6.27.